The first-order chi connectivity index (χ1) is 16.2. The van der Waals surface area contributed by atoms with E-state index in [1.165, 1.54) is 16.0 Å². The molecule has 0 bridgehead atoms. The number of nitrogens with zero attached hydrogens (tertiary/aromatic N) is 4. The summed E-state index contributed by atoms with van der Waals surface area (Å²) in [6, 6.07) is 20.7. The minimum absolute atomic E-state index is 0.0114. The molecule has 0 unspecified atom stereocenters. The molecule has 0 amide bonds. The number of benzene rings is 2. The SMILES string of the molecule is CN1CCN(Cc2ccc(-c3cc4ncnc(N[C@H](CO)c5ccccc5)c4s3)cc2)CC1. The van der Waals surface area contributed by atoms with Gasteiger partial charge in [0.15, 0.2) is 0 Å². The van der Waals surface area contributed by atoms with E-state index in [1.54, 1.807) is 17.7 Å². The molecule has 0 spiro atoms. The van der Waals surface area contributed by atoms with E-state index >= 15 is 0 Å². The Morgan fingerprint density at radius 3 is 2.48 bits per heavy atom. The molecule has 1 fully saturated rings. The Balaban J connectivity index is 1.34. The second kappa shape index (κ2) is 9.97. The van der Waals surface area contributed by atoms with Gasteiger partial charge in [-0.05, 0) is 29.8 Å². The van der Waals surface area contributed by atoms with Crippen molar-refractivity contribution in [2.45, 2.75) is 12.6 Å². The molecule has 3 heterocycles. The molecule has 4 aromatic rings. The maximum Gasteiger partial charge on any atom is 0.148 e. The molecule has 1 atom stereocenters. The van der Waals surface area contributed by atoms with E-state index in [0.29, 0.717) is 0 Å². The van der Waals surface area contributed by atoms with Crippen LogP contribution in [-0.4, -0.2) is 64.7 Å². The smallest absolute Gasteiger partial charge is 0.148 e. The third kappa shape index (κ3) is 5.07. The standard InChI is InChI=1S/C26H29N5OS/c1-30-11-13-31(14-12-30)16-19-7-9-21(10-8-19)24-15-22-25(33-24)26(28-18-27-22)29-23(17-32)20-5-3-2-4-6-20/h2-10,15,18,23,32H,11-14,16-17H2,1H3,(H,27,28,29)/t23-/m1/s1. The Morgan fingerprint density at radius 2 is 1.76 bits per heavy atom. The van der Waals surface area contributed by atoms with Crippen molar-refractivity contribution >= 4 is 27.4 Å². The van der Waals surface area contributed by atoms with Gasteiger partial charge in [0, 0.05) is 37.6 Å². The van der Waals surface area contributed by atoms with Gasteiger partial charge in [0.1, 0.15) is 12.1 Å². The van der Waals surface area contributed by atoms with Crippen LogP contribution in [0.25, 0.3) is 20.7 Å². The second-order valence-electron chi connectivity index (χ2n) is 8.61. The highest BCUT2D eigenvalue weighted by Gasteiger charge is 2.16. The number of aromatic nitrogens is 2. The van der Waals surface area contributed by atoms with Crippen molar-refractivity contribution in [2.75, 3.05) is 45.2 Å². The van der Waals surface area contributed by atoms with E-state index in [4.69, 9.17) is 0 Å². The minimum atomic E-state index is -0.219. The molecule has 1 aliphatic heterocycles. The summed E-state index contributed by atoms with van der Waals surface area (Å²) < 4.78 is 1.00. The van der Waals surface area contributed by atoms with Gasteiger partial charge in [-0.3, -0.25) is 4.90 Å². The van der Waals surface area contributed by atoms with E-state index in [-0.39, 0.29) is 12.6 Å². The first kappa shape index (κ1) is 22.0. The molecule has 2 aromatic heterocycles. The van der Waals surface area contributed by atoms with Crippen LogP contribution in [0.4, 0.5) is 5.82 Å². The van der Waals surface area contributed by atoms with Crippen molar-refractivity contribution in [3.05, 3.63) is 78.1 Å². The van der Waals surface area contributed by atoms with Crippen molar-refractivity contribution in [1.82, 2.24) is 19.8 Å². The molecule has 0 radical (unpaired) electrons. The van der Waals surface area contributed by atoms with Crippen LogP contribution < -0.4 is 5.32 Å². The maximum atomic E-state index is 9.94. The highest BCUT2D eigenvalue weighted by molar-refractivity contribution is 7.22. The monoisotopic (exact) mass is 459 g/mol. The average Bonchev–Trinajstić information content (AvgIpc) is 3.30. The molecule has 1 saturated heterocycles. The lowest BCUT2D eigenvalue weighted by molar-refractivity contribution is 0.148. The van der Waals surface area contributed by atoms with Crippen molar-refractivity contribution < 1.29 is 5.11 Å². The summed E-state index contributed by atoms with van der Waals surface area (Å²) >= 11 is 1.68. The largest absolute Gasteiger partial charge is 0.394 e. The van der Waals surface area contributed by atoms with Gasteiger partial charge in [0.05, 0.1) is 22.9 Å². The summed E-state index contributed by atoms with van der Waals surface area (Å²) in [5.41, 5.74) is 4.48. The molecular weight excluding hydrogens is 430 g/mol. The lowest BCUT2D eigenvalue weighted by atomic mass is 10.1. The molecule has 1 aliphatic rings. The van der Waals surface area contributed by atoms with Crippen LogP contribution >= 0.6 is 11.3 Å². The lowest BCUT2D eigenvalue weighted by Crippen LogP contribution is -2.43. The van der Waals surface area contributed by atoms with Crippen LogP contribution in [0.5, 0.6) is 0 Å². The number of aliphatic hydroxyl groups excluding tert-OH is 1. The Morgan fingerprint density at radius 1 is 1.00 bits per heavy atom. The van der Waals surface area contributed by atoms with Crippen molar-refractivity contribution in [3.63, 3.8) is 0 Å². The van der Waals surface area contributed by atoms with E-state index in [0.717, 1.165) is 54.3 Å². The Hall–Kier alpha value is -2.84. The summed E-state index contributed by atoms with van der Waals surface area (Å²) in [5.74, 6) is 0.755. The highest BCUT2D eigenvalue weighted by atomic mass is 32.1. The molecule has 0 saturated carbocycles. The number of nitrogens with one attached hydrogen (secondary N) is 1. The molecule has 6 nitrogen and oxygen atoms in total. The van der Waals surface area contributed by atoms with E-state index in [1.807, 2.05) is 30.3 Å². The molecule has 33 heavy (non-hydrogen) atoms. The zero-order valence-electron chi connectivity index (χ0n) is 18.8. The number of thiophene rings is 1. The number of hydrogen-bond acceptors (Lipinski definition) is 7. The third-order valence-electron chi connectivity index (χ3n) is 6.25. The molecule has 2 aromatic carbocycles. The summed E-state index contributed by atoms with van der Waals surface area (Å²) in [6.45, 7) is 5.52. The first-order valence-electron chi connectivity index (χ1n) is 11.4. The number of likely N-dealkylation sites (N-methyl/N-ethyl adjacent to an activating group) is 1. The van der Waals surface area contributed by atoms with E-state index in [2.05, 4.69) is 62.5 Å². The predicted octanol–water partition coefficient (Wildman–Crippen LogP) is 4.25. The summed E-state index contributed by atoms with van der Waals surface area (Å²) in [4.78, 5) is 15.0. The molecule has 7 heteroatoms. The number of anilines is 1. The van der Waals surface area contributed by atoms with Crippen LogP contribution in [0.1, 0.15) is 17.2 Å². The number of hydrogen-bond donors (Lipinski definition) is 2. The topological polar surface area (TPSA) is 64.5 Å². The van der Waals surface area contributed by atoms with Gasteiger partial charge in [0.25, 0.3) is 0 Å². The number of aliphatic hydroxyl groups is 1. The van der Waals surface area contributed by atoms with Gasteiger partial charge in [-0.15, -0.1) is 11.3 Å². The average molecular weight is 460 g/mol. The molecular formula is C26H29N5OS. The fourth-order valence-corrected chi connectivity index (χ4v) is 5.29. The zero-order chi connectivity index (χ0) is 22.6. The number of piperazine rings is 1. The molecule has 5 rings (SSSR count). The molecule has 170 valence electrons. The van der Waals surface area contributed by atoms with Crippen molar-refractivity contribution in [2.24, 2.45) is 0 Å². The van der Waals surface area contributed by atoms with Gasteiger partial charge in [0.2, 0.25) is 0 Å². The zero-order valence-corrected chi connectivity index (χ0v) is 19.6. The number of rotatable bonds is 7. The van der Waals surface area contributed by atoms with Crippen molar-refractivity contribution in [3.8, 4) is 10.4 Å². The van der Waals surface area contributed by atoms with Crippen LogP contribution in [-0.2, 0) is 6.54 Å². The van der Waals surface area contributed by atoms with Crippen molar-refractivity contribution in [1.29, 1.82) is 0 Å². The minimum Gasteiger partial charge on any atom is -0.394 e. The summed E-state index contributed by atoms with van der Waals surface area (Å²) in [7, 11) is 2.19. The van der Waals surface area contributed by atoms with E-state index in [9.17, 15) is 5.11 Å². The first-order valence-corrected chi connectivity index (χ1v) is 12.2. The quantitative estimate of drug-likeness (QED) is 0.431. The van der Waals surface area contributed by atoms with Crippen LogP contribution in [0.3, 0.4) is 0 Å². The predicted molar refractivity (Wildman–Crippen MR) is 136 cm³/mol. The van der Waals surface area contributed by atoms with Gasteiger partial charge in [-0.1, -0.05) is 54.6 Å². The second-order valence-corrected chi connectivity index (χ2v) is 9.67. The Bertz CT molecular complexity index is 1190. The Kier molecular flexibility index (Phi) is 6.64. The van der Waals surface area contributed by atoms with Gasteiger partial charge >= 0.3 is 0 Å². The lowest BCUT2D eigenvalue weighted by Gasteiger charge is -2.32. The third-order valence-corrected chi connectivity index (χ3v) is 7.43. The van der Waals surface area contributed by atoms with Crippen LogP contribution in [0.15, 0.2) is 67.0 Å². The summed E-state index contributed by atoms with van der Waals surface area (Å²) in [6.07, 6.45) is 1.58. The number of fused-ring (bicyclic) bond motifs is 1. The maximum absolute atomic E-state index is 9.94. The van der Waals surface area contributed by atoms with Crippen LogP contribution in [0, 0.1) is 0 Å². The molecule has 0 aliphatic carbocycles. The van der Waals surface area contributed by atoms with Crippen LogP contribution in [0.2, 0.25) is 0 Å². The fraction of sp³-hybridized carbons (Fsp3) is 0.308. The fourth-order valence-electron chi connectivity index (χ4n) is 4.22. The van der Waals surface area contributed by atoms with E-state index < -0.39 is 0 Å². The van der Waals surface area contributed by atoms with Gasteiger partial charge in [-0.2, -0.15) is 0 Å². The van der Waals surface area contributed by atoms with Gasteiger partial charge < -0.3 is 15.3 Å². The normalized spacial score (nSPS) is 16.2. The summed E-state index contributed by atoms with van der Waals surface area (Å²) in [5, 5.41) is 13.4. The molecule has 2 N–H and O–H groups in total. The highest BCUT2D eigenvalue weighted by Crippen LogP contribution is 2.36. The Labute approximate surface area is 198 Å². The van der Waals surface area contributed by atoms with Gasteiger partial charge in [-0.25, -0.2) is 9.97 Å².